The number of carbonyl (C=O) groups is 1. The zero-order valence-electron chi connectivity index (χ0n) is 14.0. The summed E-state index contributed by atoms with van der Waals surface area (Å²) in [7, 11) is 0. The molecule has 6 heteroatoms. The summed E-state index contributed by atoms with van der Waals surface area (Å²) in [6.45, 7) is 4.77. The predicted molar refractivity (Wildman–Crippen MR) is 94.6 cm³/mol. The maximum Gasteiger partial charge on any atom is 0.217 e. The molecule has 1 fully saturated rings. The SMILES string of the molecule is CC(=O)NC1C(c2ccccc2)N(Cc2nccs2)CCC1(C)O. The molecular weight excluding hydrogens is 322 g/mol. The van der Waals surface area contributed by atoms with Gasteiger partial charge < -0.3 is 10.4 Å². The maximum absolute atomic E-state index is 11.7. The molecule has 3 unspecified atom stereocenters. The van der Waals surface area contributed by atoms with E-state index in [0.29, 0.717) is 13.0 Å². The number of aromatic nitrogens is 1. The molecule has 1 saturated heterocycles. The molecule has 2 aromatic rings. The molecule has 5 nitrogen and oxygen atoms in total. The van der Waals surface area contributed by atoms with Gasteiger partial charge in [-0.1, -0.05) is 30.3 Å². The minimum Gasteiger partial charge on any atom is -0.388 e. The van der Waals surface area contributed by atoms with Crippen molar-refractivity contribution in [2.24, 2.45) is 0 Å². The molecule has 24 heavy (non-hydrogen) atoms. The van der Waals surface area contributed by atoms with Gasteiger partial charge in [0, 0.05) is 25.0 Å². The van der Waals surface area contributed by atoms with Crippen LogP contribution in [0.3, 0.4) is 0 Å². The Hall–Kier alpha value is -1.76. The van der Waals surface area contributed by atoms with Crippen LogP contribution in [0.5, 0.6) is 0 Å². The average molecular weight is 345 g/mol. The van der Waals surface area contributed by atoms with Gasteiger partial charge in [-0.3, -0.25) is 9.69 Å². The Labute approximate surface area is 146 Å². The van der Waals surface area contributed by atoms with Crippen LogP contribution in [0, 0.1) is 0 Å². The molecule has 0 spiro atoms. The lowest BCUT2D eigenvalue weighted by Gasteiger charge is -2.49. The number of rotatable bonds is 4. The number of nitrogens with one attached hydrogen (secondary N) is 1. The van der Waals surface area contributed by atoms with Crippen LogP contribution in [0.15, 0.2) is 41.9 Å². The molecule has 3 atom stereocenters. The second-order valence-electron chi connectivity index (χ2n) is 6.54. The standard InChI is InChI=1S/C18H23N3O2S/c1-13(22)20-17-16(14-6-4-3-5-7-14)21(10-8-18(17,2)23)12-15-19-9-11-24-15/h3-7,9,11,16-17,23H,8,10,12H2,1-2H3,(H,20,22). The molecule has 2 heterocycles. The molecule has 0 bridgehead atoms. The lowest BCUT2D eigenvalue weighted by Crippen LogP contribution is -2.62. The third kappa shape index (κ3) is 3.66. The van der Waals surface area contributed by atoms with Gasteiger partial charge in [-0.25, -0.2) is 4.98 Å². The highest BCUT2D eigenvalue weighted by molar-refractivity contribution is 7.09. The van der Waals surface area contributed by atoms with E-state index in [1.165, 1.54) is 6.92 Å². The van der Waals surface area contributed by atoms with E-state index in [4.69, 9.17) is 0 Å². The van der Waals surface area contributed by atoms with Gasteiger partial charge in [0.1, 0.15) is 5.01 Å². The van der Waals surface area contributed by atoms with Crippen molar-refractivity contribution in [3.8, 4) is 0 Å². The van der Waals surface area contributed by atoms with Crippen molar-refractivity contribution >= 4 is 17.2 Å². The van der Waals surface area contributed by atoms with Crippen LogP contribution in [0.1, 0.15) is 36.9 Å². The number of carbonyl (C=O) groups excluding carboxylic acids is 1. The number of hydrogen-bond donors (Lipinski definition) is 2. The van der Waals surface area contributed by atoms with Gasteiger partial charge >= 0.3 is 0 Å². The zero-order valence-corrected chi connectivity index (χ0v) is 14.8. The second-order valence-corrected chi connectivity index (χ2v) is 7.52. The molecule has 1 aliphatic rings. The van der Waals surface area contributed by atoms with Gasteiger partial charge in [-0.2, -0.15) is 0 Å². The molecule has 1 aromatic carbocycles. The summed E-state index contributed by atoms with van der Waals surface area (Å²) in [5.41, 5.74) is 0.138. The summed E-state index contributed by atoms with van der Waals surface area (Å²) in [4.78, 5) is 18.4. The van der Waals surface area contributed by atoms with E-state index in [0.717, 1.165) is 17.1 Å². The van der Waals surface area contributed by atoms with Crippen LogP contribution in [-0.2, 0) is 11.3 Å². The molecule has 1 amide bonds. The molecular formula is C18H23N3O2S. The number of thiazole rings is 1. The van der Waals surface area contributed by atoms with Crippen LogP contribution in [0.25, 0.3) is 0 Å². The van der Waals surface area contributed by atoms with Gasteiger partial charge in [0.2, 0.25) is 5.91 Å². The van der Waals surface area contributed by atoms with Gasteiger partial charge in [0.25, 0.3) is 0 Å². The van der Waals surface area contributed by atoms with Crippen LogP contribution < -0.4 is 5.32 Å². The largest absolute Gasteiger partial charge is 0.388 e. The van der Waals surface area contributed by atoms with E-state index in [1.54, 1.807) is 11.3 Å². The molecule has 0 radical (unpaired) electrons. The number of piperidine rings is 1. The topological polar surface area (TPSA) is 65.5 Å². The van der Waals surface area contributed by atoms with Crippen LogP contribution in [0.4, 0.5) is 0 Å². The van der Waals surface area contributed by atoms with Gasteiger partial charge in [0.05, 0.1) is 24.2 Å². The molecule has 1 aromatic heterocycles. The van der Waals surface area contributed by atoms with Crippen molar-refractivity contribution in [3.63, 3.8) is 0 Å². The number of likely N-dealkylation sites (tertiary alicyclic amines) is 1. The molecule has 0 aliphatic carbocycles. The zero-order chi connectivity index (χ0) is 17.2. The van der Waals surface area contributed by atoms with E-state index in [-0.39, 0.29) is 18.0 Å². The predicted octanol–water partition coefficient (Wildman–Crippen LogP) is 2.35. The van der Waals surface area contributed by atoms with Crippen molar-refractivity contribution in [1.82, 2.24) is 15.2 Å². The van der Waals surface area contributed by atoms with Crippen LogP contribution in [0.2, 0.25) is 0 Å². The normalized spacial score (nSPS) is 27.8. The minimum atomic E-state index is -0.953. The highest BCUT2D eigenvalue weighted by Crippen LogP contribution is 2.38. The third-order valence-corrected chi connectivity index (χ3v) is 5.37. The van der Waals surface area contributed by atoms with Crippen molar-refractivity contribution in [2.75, 3.05) is 6.54 Å². The maximum atomic E-state index is 11.7. The fraction of sp³-hybridized carbons (Fsp3) is 0.444. The summed E-state index contributed by atoms with van der Waals surface area (Å²) < 4.78 is 0. The Morgan fingerprint density at radius 2 is 2.21 bits per heavy atom. The number of amides is 1. The van der Waals surface area contributed by atoms with Crippen molar-refractivity contribution in [3.05, 3.63) is 52.5 Å². The molecule has 3 rings (SSSR count). The minimum absolute atomic E-state index is 0.0947. The number of aliphatic hydroxyl groups is 1. The summed E-state index contributed by atoms with van der Waals surface area (Å²) in [6, 6.07) is 9.60. The first-order valence-electron chi connectivity index (χ1n) is 8.14. The second kappa shape index (κ2) is 7.01. The van der Waals surface area contributed by atoms with Crippen molar-refractivity contribution in [2.45, 2.75) is 44.5 Å². The first-order chi connectivity index (χ1) is 11.5. The Kier molecular flexibility index (Phi) is 4.99. The third-order valence-electron chi connectivity index (χ3n) is 4.61. The highest BCUT2D eigenvalue weighted by atomic mass is 32.1. The molecule has 0 saturated carbocycles. The fourth-order valence-electron chi connectivity index (χ4n) is 3.40. The molecule has 1 aliphatic heterocycles. The van der Waals surface area contributed by atoms with E-state index in [2.05, 4.69) is 27.3 Å². The summed E-state index contributed by atoms with van der Waals surface area (Å²) in [6.07, 6.45) is 2.41. The van der Waals surface area contributed by atoms with Crippen molar-refractivity contribution < 1.29 is 9.90 Å². The van der Waals surface area contributed by atoms with Gasteiger partial charge in [0.15, 0.2) is 0 Å². The van der Waals surface area contributed by atoms with E-state index >= 15 is 0 Å². The fourth-order valence-corrected chi connectivity index (χ4v) is 4.05. The number of benzene rings is 1. The highest BCUT2D eigenvalue weighted by Gasteiger charge is 2.45. The lowest BCUT2D eigenvalue weighted by atomic mass is 9.79. The summed E-state index contributed by atoms with van der Waals surface area (Å²) in [5.74, 6) is -0.127. The molecule has 2 N–H and O–H groups in total. The first-order valence-corrected chi connectivity index (χ1v) is 9.02. The number of nitrogens with zero attached hydrogens (tertiary/aromatic N) is 2. The Morgan fingerprint density at radius 1 is 1.46 bits per heavy atom. The average Bonchev–Trinajstić information content (AvgIpc) is 3.04. The van der Waals surface area contributed by atoms with Crippen LogP contribution >= 0.6 is 11.3 Å². The van der Waals surface area contributed by atoms with E-state index < -0.39 is 5.60 Å². The van der Waals surface area contributed by atoms with Crippen LogP contribution in [-0.4, -0.2) is 39.1 Å². The smallest absolute Gasteiger partial charge is 0.217 e. The quantitative estimate of drug-likeness (QED) is 0.893. The Bertz CT molecular complexity index is 673. The van der Waals surface area contributed by atoms with Gasteiger partial charge in [-0.05, 0) is 18.9 Å². The lowest BCUT2D eigenvalue weighted by molar-refractivity contribution is -0.126. The molecule has 128 valence electrons. The van der Waals surface area contributed by atoms with E-state index in [1.807, 2.05) is 36.7 Å². The first kappa shape index (κ1) is 17.1. The number of hydrogen-bond acceptors (Lipinski definition) is 5. The van der Waals surface area contributed by atoms with Gasteiger partial charge in [-0.15, -0.1) is 11.3 Å². The van der Waals surface area contributed by atoms with E-state index in [9.17, 15) is 9.90 Å². The summed E-state index contributed by atoms with van der Waals surface area (Å²) in [5, 5.41) is 16.9. The summed E-state index contributed by atoms with van der Waals surface area (Å²) >= 11 is 1.63. The van der Waals surface area contributed by atoms with Crippen molar-refractivity contribution in [1.29, 1.82) is 0 Å². The monoisotopic (exact) mass is 345 g/mol. The Balaban J connectivity index is 1.97. The Morgan fingerprint density at radius 3 is 2.83 bits per heavy atom.